The van der Waals surface area contributed by atoms with E-state index in [1.807, 2.05) is 54.8 Å². The highest BCUT2D eigenvalue weighted by Crippen LogP contribution is 2.28. The van der Waals surface area contributed by atoms with Crippen LogP contribution in [0.3, 0.4) is 0 Å². The van der Waals surface area contributed by atoms with Crippen molar-refractivity contribution in [3.05, 3.63) is 70.4 Å². The first kappa shape index (κ1) is 30.8. The average Bonchev–Trinajstić information content (AvgIpc) is 3.49. The van der Waals surface area contributed by atoms with E-state index in [0.29, 0.717) is 68.6 Å². The number of anilines is 1. The molecule has 3 rings (SSSR count). The zero-order valence-corrected chi connectivity index (χ0v) is 24.5. The fourth-order valence-electron chi connectivity index (χ4n) is 4.14. The maximum atomic E-state index is 13.7. The highest BCUT2D eigenvalue weighted by atomic mass is 32.1. The number of hydrogen-bond acceptors (Lipinski definition) is 7. The lowest BCUT2D eigenvalue weighted by molar-refractivity contribution is -0.132. The minimum atomic E-state index is -0.368. The quantitative estimate of drug-likeness (QED) is 0.235. The van der Waals surface area contributed by atoms with Crippen LogP contribution in [-0.4, -0.2) is 75.9 Å². The number of thiophene rings is 1. The lowest BCUT2D eigenvalue weighted by Crippen LogP contribution is -2.45. The Kier molecular flexibility index (Phi) is 12.6. The molecule has 10 heteroatoms. The number of carbonyl (C=O) groups excluding carboxylic acids is 2. The number of carbonyl (C=O) groups is 2. The Balaban J connectivity index is 1.76. The van der Waals surface area contributed by atoms with Gasteiger partial charge in [0, 0.05) is 31.7 Å². The Hall–Kier alpha value is -3.76. The fraction of sp³-hybridized carbons (Fsp3) is 0.400. The van der Waals surface area contributed by atoms with E-state index in [1.54, 1.807) is 49.7 Å². The number of hydrogen-bond donors (Lipinski definition) is 1. The van der Waals surface area contributed by atoms with Gasteiger partial charge in [0.05, 0.1) is 33.1 Å². The molecule has 0 unspecified atom stereocenters. The summed E-state index contributed by atoms with van der Waals surface area (Å²) in [5.74, 6) is 1.74. The van der Waals surface area contributed by atoms with E-state index in [2.05, 4.69) is 5.32 Å². The second-order valence-electron chi connectivity index (χ2n) is 8.96. The Bertz CT molecular complexity index is 1200. The van der Waals surface area contributed by atoms with Crippen molar-refractivity contribution in [3.63, 3.8) is 0 Å². The van der Waals surface area contributed by atoms with Crippen molar-refractivity contribution in [1.29, 1.82) is 0 Å². The number of urea groups is 1. The molecule has 9 nitrogen and oxygen atoms in total. The van der Waals surface area contributed by atoms with Crippen LogP contribution in [0.1, 0.15) is 23.8 Å². The predicted molar refractivity (Wildman–Crippen MR) is 158 cm³/mol. The van der Waals surface area contributed by atoms with Gasteiger partial charge in [0.25, 0.3) is 0 Å². The Morgan fingerprint density at radius 1 is 0.900 bits per heavy atom. The second-order valence-corrected chi connectivity index (χ2v) is 9.99. The molecule has 3 aromatic rings. The topological polar surface area (TPSA) is 89.6 Å². The number of benzene rings is 2. The van der Waals surface area contributed by atoms with Crippen LogP contribution in [-0.2, 0) is 22.5 Å². The summed E-state index contributed by atoms with van der Waals surface area (Å²) in [7, 11) is 4.82. The molecular formula is C30H39N3O6S. The molecule has 216 valence electrons. The number of amides is 3. The summed E-state index contributed by atoms with van der Waals surface area (Å²) in [5.41, 5.74) is 1.58. The lowest BCUT2D eigenvalue weighted by atomic mass is 10.1. The van der Waals surface area contributed by atoms with Gasteiger partial charge in [-0.1, -0.05) is 24.3 Å². The summed E-state index contributed by atoms with van der Waals surface area (Å²) in [6.45, 7) is 4.08. The molecule has 0 bridgehead atoms. The highest BCUT2D eigenvalue weighted by Gasteiger charge is 2.23. The molecule has 0 atom stereocenters. The van der Waals surface area contributed by atoms with Gasteiger partial charge in [0.2, 0.25) is 5.91 Å². The van der Waals surface area contributed by atoms with Crippen molar-refractivity contribution >= 4 is 29.0 Å². The molecule has 0 aliphatic carbocycles. The summed E-state index contributed by atoms with van der Waals surface area (Å²) in [5, 5.41) is 4.91. The molecule has 40 heavy (non-hydrogen) atoms. The van der Waals surface area contributed by atoms with Crippen molar-refractivity contribution in [3.8, 4) is 17.2 Å². The lowest BCUT2D eigenvalue weighted by Gasteiger charge is -2.28. The zero-order valence-electron chi connectivity index (χ0n) is 23.7. The van der Waals surface area contributed by atoms with Gasteiger partial charge in [-0.15, -0.1) is 11.3 Å². The number of rotatable bonds is 16. The summed E-state index contributed by atoms with van der Waals surface area (Å²) in [6.07, 6.45) is 1.22. The summed E-state index contributed by atoms with van der Waals surface area (Å²) in [6, 6.07) is 16.6. The highest BCUT2D eigenvalue weighted by molar-refractivity contribution is 7.09. The molecule has 1 N–H and O–H groups in total. The molecule has 0 aliphatic heterocycles. The molecule has 1 heterocycles. The third-order valence-electron chi connectivity index (χ3n) is 6.22. The van der Waals surface area contributed by atoms with Gasteiger partial charge in [0.15, 0.2) is 11.5 Å². The molecule has 3 amide bonds. The van der Waals surface area contributed by atoms with Crippen molar-refractivity contribution in [1.82, 2.24) is 9.80 Å². The van der Waals surface area contributed by atoms with Gasteiger partial charge in [-0.3, -0.25) is 4.79 Å². The first-order valence-electron chi connectivity index (χ1n) is 13.3. The summed E-state index contributed by atoms with van der Waals surface area (Å²) >= 11 is 1.60. The minimum Gasteiger partial charge on any atom is -0.493 e. The zero-order chi connectivity index (χ0) is 28.7. The van der Waals surface area contributed by atoms with Gasteiger partial charge >= 0.3 is 6.03 Å². The van der Waals surface area contributed by atoms with Crippen molar-refractivity contribution in [2.75, 3.05) is 59.5 Å². The monoisotopic (exact) mass is 569 g/mol. The van der Waals surface area contributed by atoms with E-state index in [-0.39, 0.29) is 18.5 Å². The van der Waals surface area contributed by atoms with E-state index < -0.39 is 0 Å². The SMILES string of the molecule is CCOc1ccccc1NC(=O)N(CCCOC)CC(=O)N(CCc1ccc(OC)c(OC)c1)Cc1cccs1. The van der Waals surface area contributed by atoms with E-state index in [9.17, 15) is 9.59 Å². The van der Waals surface area contributed by atoms with Crippen LogP contribution >= 0.6 is 11.3 Å². The number of nitrogens with one attached hydrogen (secondary N) is 1. The van der Waals surface area contributed by atoms with Gasteiger partial charge in [-0.2, -0.15) is 0 Å². The normalized spacial score (nSPS) is 10.6. The Labute approximate surface area is 240 Å². The molecule has 2 aromatic carbocycles. The Morgan fingerprint density at radius 2 is 1.70 bits per heavy atom. The fourth-order valence-corrected chi connectivity index (χ4v) is 4.86. The van der Waals surface area contributed by atoms with Gasteiger partial charge in [-0.05, 0) is 61.0 Å². The second kappa shape index (κ2) is 16.4. The van der Waals surface area contributed by atoms with Crippen LogP contribution < -0.4 is 19.5 Å². The predicted octanol–water partition coefficient (Wildman–Crippen LogP) is 5.31. The van der Waals surface area contributed by atoms with Crippen LogP contribution in [0.4, 0.5) is 10.5 Å². The third-order valence-corrected chi connectivity index (χ3v) is 7.08. The molecule has 1 aromatic heterocycles. The van der Waals surface area contributed by atoms with E-state index in [0.717, 1.165) is 10.4 Å². The molecule has 0 fully saturated rings. The minimum absolute atomic E-state index is 0.0658. The van der Waals surface area contributed by atoms with E-state index in [1.165, 1.54) is 4.90 Å². The molecule has 0 radical (unpaired) electrons. The van der Waals surface area contributed by atoms with Crippen LogP contribution in [0.15, 0.2) is 60.0 Å². The third kappa shape index (κ3) is 9.17. The molecule has 0 saturated carbocycles. The van der Waals surface area contributed by atoms with Crippen LogP contribution in [0.5, 0.6) is 17.2 Å². The smallest absolute Gasteiger partial charge is 0.322 e. The van der Waals surface area contributed by atoms with E-state index in [4.69, 9.17) is 18.9 Å². The van der Waals surface area contributed by atoms with Crippen molar-refractivity contribution < 1.29 is 28.5 Å². The number of para-hydroxylation sites is 2. The first-order valence-corrected chi connectivity index (χ1v) is 14.1. The van der Waals surface area contributed by atoms with Gasteiger partial charge < -0.3 is 34.1 Å². The number of ether oxygens (including phenoxy) is 4. The van der Waals surface area contributed by atoms with Gasteiger partial charge in [0.1, 0.15) is 12.3 Å². The number of nitrogens with zero attached hydrogens (tertiary/aromatic N) is 2. The largest absolute Gasteiger partial charge is 0.493 e. The van der Waals surface area contributed by atoms with Crippen LogP contribution in [0, 0.1) is 0 Å². The maximum absolute atomic E-state index is 13.7. The standard InChI is InChI=1S/C30H39N3O6S/c1-5-39-26-12-7-6-11-25(26)31-30(35)33(16-9-18-36-2)22-29(34)32(21-24-10-8-19-40-24)17-15-23-13-14-27(37-3)28(20-23)38-4/h6-8,10-14,19-20H,5,9,15-18,21-22H2,1-4H3,(H,31,35). The van der Waals surface area contributed by atoms with Crippen molar-refractivity contribution in [2.24, 2.45) is 0 Å². The van der Waals surface area contributed by atoms with Gasteiger partial charge in [-0.25, -0.2) is 4.79 Å². The molecular weight excluding hydrogens is 530 g/mol. The van der Waals surface area contributed by atoms with E-state index >= 15 is 0 Å². The summed E-state index contributed by atoms with van der Waals surface area (Å²) < 4.78 is 21.6. The van der Waals surface area contributed by atoms with Crippen LogP contribution in [0.2, 0.25) is 0 Å². The number of methoxy groups -OCH3 is 3. The maximum Gasteiger partial charge on any atom is 0.322 e. The van der Waals surface area contributed by atoms with Crippen LogP contribution in [0.25, 0.3) is 0 Å². The summed E-state index contributed by atoms with van der Waals surface area (Å²) in [4.78, 5) is 31.5. The average molecular weight is 570 g/mol. The molecule has 0 spiro atoms. The first-order chi connectivity index (χ1) is 19.5. The Morgan fingerprint density at radius 3 is 2.40 bits per heavy atom. The molecule has 0 saturated heterocycles. The van der Waals surface area contributed by atoms with Crippen molar-refractivity contribution in [2.45, 2.75) is 26.3 Å². The molecule has 0 aliphatic rings.